The lowest BCUT2D eigenvalue weighted by atomic mass is 10.1. The van der Waals surface area contributed by atoms with Gasteiger partial charge in [-0.2, -0.15) is 0 Å². The molecule has 148 valence electrons. The summed E-state index contributed by atoms with van der Waals surface area (Å²) in [6.07, 6.45) is 2.28. The number of aliphatic carboxylic acids is 1. The Balaban J connectivity index is 2.29. The SMILES string of the molecule is CC(C)[C@@H](NC(=O)N[C@H](C=O)CCCCNC(=O)c1ccccc1)C(=O)O. The van der Waals surface area contributed by atoms with Gasteiger partial charge in [0.25, 0.3) is 5.91 Å². The van der Waals surface area contributed by atoms with Crippen molar-refractivity contribution in [2.75, 3.05) is 6.54 Å². The Bertz CT molecular complexity index is 633. The molecule has 0 spiro atoms. The van der Waals surface area contributed by atoms with Gasteiger partial charge in [0.1, 0.15) is 12.3 Å². The van der Waals surface area contributed by atoms with E-state index >= 15 is 0 Å². The fraction of sp³-hybridized carbons (Fsp3) is 0.474. The Morgan fingerprint density at radius 3 is 2.30 bits per heavy atom. The lowest BCUT2D eigenvalue weighted by Gasteiger charge is -2.20. The van der Waals surface area contributed by atoms with Gasteiger partial charge in [0, 0.05) is 12.1 Å². The van der Waals surface area contributed by atoms with E-state index in [0.29, 0.717) is 37.7 Å². The lowest BCUT2D eigenvalue weighted by Crippen LogP contribution is -2.51. The molecule has 3 amide bonds. The fourth-order valence-corrected chi connectivity index (χ4v) is 2.42. The zero-order chi connectivity index (χ0) is 20.2. The van der Waals surface area contributed by atoms with E-state index in [0.717, 1.165) is 0 Å². The highest BCUT2D eigenvalue weighted by atomic mass is 16.4. The summed E-state index contributed by atoms with van der Waals surface area (Å²) in [7, 11) is 0. The number of rotatable bonds is 11. The Morgan fingerprint density at radius 2 is 1.74 bits per heavy atom. The molecule has 0 aliphatic rings. The van der Waals surface area contributed by atoms with E-state index < -0.39 is 24.1 Å². The minimum atomic E-state index is -1.13. The fourth-order valence-electron chi connectivity index (χ4n) is 2.42. The van der Waals surface area contributed by atoms with Crippen LogP contribution in [0.15, 0.2) is 30.3 Å². The molecule has 0 bridgehead atoms. The molecule has 0 heterocycles. The Morgan fingerprint density at radius 1 is 1.07 bits per heavy atom. The maximum atomic E-state index is 11.9. The first kappa shape index (κ1) is 22.1. The molecule has 8 nitrogen and oxygen atoms in total. The van der Waals surface area contributed by atoms with Crippen LogP contribution >= 0.6 is 0 Å². The van der Waals surface area contributed by atoms with Gasteiger partial charge in [-0.25, -0.2) is 9.59 Å². The third-order valence-electron chi connectivity index (χ3n) is 3.96. The molecule has 0 saturated heterocycles. The topological polar surface area (TPSA) is 125 Å². The van der Waals surface area contributed by atoms with Gasteiger partial charge in [-0.3, -0.25) is 4.79 Å². The van der Waals surface area contributed by atoms with E-state index in [4.69, 9.17) is 5.11 Å². The predicted octanol–water partition coefficient (Wildman–Crippen LogP) is 1.56. The number of carboxylic acids is 1. The number of aldehydes is 1. The molecule has 27 heavy (non-hydrogen) atoms. The summed E-state index contributed by atoms with van der Waals surface area (Å²) in [5.41, 5.74) is 0.583. The molecule has 0 saturated carbocycles. The maximum Gasteiger partial charge on any atom is 0.326 e. The molecule has 0 fully saturated rings. The van der Waals surface area contributed by atoms with Crippen LogP contribution in [0.3, 0.4) is 0 Å². The van der Waals surface area contributed by atoms with E-state index in [1.165, 1.54) is 0 Å². The van der Waals surface area contributed by atoms with Crippen molar-refractivity contribution in [1.82, 2.24) is 16.0 Å². The van der Waals surface area contributed by atoms with Crippen LogP contribution in [0.5, 0.6) is 0 Å². The lowest BCUT2D eigenvalue weighted by molar-refractivity contribution is -0.140. The molecule has 1 aromatic rings. The number of carbonyl (C=O) groups is 4. The molecular formula is C19H27N3O5. The van der Waals surface area contributed by atoms with E-state index in [2.05, 4.69) is 16.0 Å². The molecule has 0 aliphatic carbocycles. The molecule has 4 N–H and O–H groups in total. The number of carboxylic acid groups (broad SMARTS) is 1. The Hall–Kier alpha value is -2.90. The molecule has 1 aromatic carbocycles. The van der Waals surface area contributed by atoms with Crippen LogP contribution in [0.2, 0.25) is 0 Å². The van der Waals surface area contributed by atoms with Crippen molar-refractivity contribution in [3.63, 3.8) is 0 Å². The zero-order valence-electron chi connectivity index (χ0n) is 15.6. The monoisotopic (exact) mass is 377 g/mol. The van der Waals surface area contributed by atoms with Gasteiger partial charge in [-0.1, -0.05) is 32.0 Å². The zero-order valence-corrected chi connectivity index (χ0v) is 15.6. The molecule has 1 rings (SSSR count). The van der Waals surface area contributed by atoms with Crippen molar-refractivity contribution in [2.45, 2.75) is 45.2 Å². The van der Waals surface area contributed by atoms with E-state index in [-0.39, 0.29) is 11.8 Å². The van der Waals surface area contributed by atoms with Crippen molar-refractivity contribution < 1.29 is 24.3 Å². The van der Waals surface area contributed by atoms with Crippen molar-refractivity contribution in [3.8, 4) is 0 Å². The quantitative estimate of drug-likeness (QED) is 0.344. The highest BCUT2D eigenvalue weighted by molar-refractivity contribution is 5.94. The van der Waals surface area contributed by atoms with E-state index in [9.17, 15) is 19.2 Å². The summed E-state index contributed by atoms with van der Waals surface area (Å²) in [6.45, 7) is 3.82. The largest absolute Gasteiger partial charge is 0.480 e. The molecule has 8 heteroatoms. The first-order chi connectivity index (χ1) is 12.8. The number of nitrogens with one attached hydrogen (secondary N) is 3. The number of hydrogen-bond acceptors (Lipinski definition) is 4. The number of amides is 3. The maximum absolute atomic E-state index is 11.9. The van der Waals surface area contributed by atoms with E-state index in [1.807, 2.05) is 6.07 Å². The first-order valence-corrected chi connectivity index (χ1v) is 8.93. The van der Waals surface area contributed by atoms with E-state index in [1.54, 1.807) is 38.1 Å². The summed E-state index contributed by atoms with van der Waals surface area (Å²) < 4.78 is 0. The van der Waals surface area contributed by atoms with Crippen LogP contribution in [-0.4, -0.2) is 47.9 Å². The second-order valence-corrected chi connectivity index (χ2v) is 6.54. The van der Waals surface area contributed by atoms with Crippen LogP contribution in [0.1, 0.15) is 43.5 Å². The summed E-state index contributed by atoms with van der Waals surface area (Å²) in [5, 5.41) is 16.7. The van der Waals surface area contributed by atoms with Gasteiger partial charge in [0.2, 0.25) is 0 Å². The average Bonchev–Trinajstić information content (AvgIpc) is 2.64. The third kappa shape index (κ3) is 8.35. The highest BCUT2D eigenvalue weighted by Crippen LogP contribution is 2.03. The molecule has 0 radical (unpaired) electrons. The normalized spacial score (nSPS) is 12.7. The predicted molar refractivity (Wildman–Crippen MR) is 100 cm³/mol. The molecule has 0 aromatic heterocycles. The number of urea groups is 1. The van der Waals surface area contributed by atoms with Crippen molar-refractivity contribution >= 4 is 24.2 Å². The van der Waals surface area contributed by atoms with Crippen LogP contribution in [0.4, 0.5) is 4.79 Å². The van der Waals surface area contributed by atoms with Gasteiger partial charge in [-0.15, -0.1) is 0 Å². The van der Waals surface area contributed by atoms with Gasteiger partial charge in [0.15, 0.2) is 0 Å². The van der Waals surface area contributed by atoms with Crippen LogP contribution < -0.4 is 16.0 Å². The first-order valence-electron chi connectivity index (χ1n) is 8.93. The van der Waals surface area contributed by atoms with Gasteiger partial charge >= 0.3 is 12.0 Å². The van der Waals surface area contributed by atoms with Crippen LogP contribution in [0.25, 0.3) is 0 Å². The van der Waals surface area contributed by atoms with Gasteiger partial charge in [-0.05, 0) is 37.3 Å². The second-order valence-electron chi connectivity index (χ2n) is 6.54. The average molecular weight is 377 g/mol. The molecule has 2 atom stereocenters. The number of carbonyl (C=O) groups excluding carboxylic acids is 3. The third-order valence-corrected chi connectivity index (χ3v) is 3.96. The summed E-state index contributed by atoms with van der Waals surface area (Å²) in [5.74, 6) is -1.57. The summed E-state index contributed by atoms with van der Waals surface area (Å²) in [4.78, 5) is 45.9. The van der Waals surface area contributed by atoms with Crippen LogP contribution in [-0.2, 0) is 9.59 Å². The minimum absolute atomic E-state index is 0.159. The van der Waals surface area contributed by atoms with Crippen molar-refractivity contribution in [2.24, 2.45) is 5.92 Å². The smallest absolute Gasteiger partial charge is 0.326 e. The number of hydrogen-bond donors (Lipinski definition) is 4. The molecular weight excluding hydrogens is 350 g/mol. The van der Waals surface area contributed by atoms with Gasteiger partial charge in [0.05, 0.1) is 6.04 Å². The van der Waals surface area contributed by atoms with Crippen LogP contribution in [0, 0.1) is 5.92 Å². The van der Waals surface area contributed by atoms with Crippen molar-refractivity contribution in [1.29, 1.82) is 0 Å². The number of benzene rings is 1. The highest BCUT2D eigenvalue weighted by Gasteiger charge is 2.24. The standard InChI is InChI=1S/C19H27N3O5/c1-13(2)16(18(25)26)22-19(27)21-15(12-23)10-6-7-11-20-17(24)14-8-4-3-5-9-14/h3-5,8-9,12-13,15-16H,6-7,10-11H2,1-2H3,(H,20,24)(H,25,26)(H2,21,22,27)/t15-,16+/m0/s1. The number of unbranched alkanes of at least 4 members (excludes halogenated alkanes) is 1. The summed E-state index contributed by atoms with van der Waals surface area (Å²) >= 11 is 0. The minimum Gasteiger partial charge on any atom is -0.480 e. The second kappa shape index (κ2) is 11.7. The molecule has 0 unspecified atom stereocenters. The Labute approximate surface area is 158 Å². The molecule has 0 aliphatic heterocycles. The van der Waals surface area contributed by atoms with Gasteiger partial charge < -0.3 is 25.9 Å². The Kier molecular flexibility index (Phi) is 9.57. The van der Waals surface area contributed by atoms with Crippen molar-refractivity contribution in [3.05, 3.63) is 35.9 Å². The summed E-state index contributed by atoms with van der Waals surface area (Å²) in [6, 6.07) is 6.43.